The average molecular weight is 394 g/mol. The van der Waals surface area contributed by atoms with Crippen LogP contribution in [0.2, 0.25) is 0 Å². The maximum atomic E-state index is 11.9. The van der Waals surface area contributed by atoms with Gasteiger partial charge in [0.15, 0.2) is 12.3 Å². The summed E-state index contributed by atoms with van der Waals surface area (Å²) in [4.78, 5) is 54.3. The minimum atomic E-state index is -4.99. The van der Waals surface area contributed by atoms with Crippen LogP contribution < -0.4 is 11.2 Å². The highest BCUT2D eigenvalue weighted by molar-refractivity contribution is 7.46. The highest BCUT2D eigenvalue weighted by Gasteiger charge is 2.55. The smallest absolute Gasteiger partial charge is 0.469 e. The van der Waals surface area contributed by atoms with Gasteiger partial charge in [0, 0.05) is 18.7 Å². The second-order valence-electron chi connectivity index (χ2n) is 5.80. The second-order valence-corrected chi connectivity index (χ2v) is 6.99. The van der Waals surface area contributed by atoms with Crippen LogP contribution in [0.5, 0.6) is 0 Å². The van der Waals surface area contributed by atoms with Gasteiger partial charge in [0.05, 0.1) is 0 Å². The molecule has 2 aliphatic rings. The van der Waals surface area contributed by atoms with Crippen LogP contribution in [0.4, 0.5) is 0 Å². The number of nitrogens with one attached hydrogen (secondary N) is 1. The fourth-order valence-corrected chi connectivity index (χ4v) is 3.58. The van der Waals surface area contributed by atoms with Crippen molar-refractivity contribution >= 4 is 13.8 Å². The lowest BCUT2D eigenvalue weighted by Crippen LogP contribution is -2.52. The first kappa shape index (κ1) is 18.9. The van der Waals surface area contributed by atoms with E-state index < -0.39 is 68.2 Å². The Labute approximate surface area is 144 Å². The number of carboxylic acids is 1. The third-order valence-corrected chi connectivity index (χ3v) is 4.60. The summed E-state index contributed by atoms with van der Waals surface area (Å²) in [5, 5.41) is 19.5. The number of H-pyrrole nitrogens is 1. The van der Waals surface area contributed by atoms with Gasteiger partial charge in [0.1, 0.15) is 24.4 Å². The first-order valence-electron chi connectivity index (χ1n) is 7.34. The Morgan fingerprint density at radius 1 is 1.31 bits per heavy atom. The molecule has 3 heterocycles. The van der Waals surface area contributed by atoms with E-state index in [0.29, 0.717) is 0 Å². The normalized spacial score (nSPS) is 34.4. The van der Waals surface area contributed by atoms with Crippen molar-refractivity contribution in [1.29, 1.82) is 0 Å². The van der Waals surface area contributed by atoms with Gasteiger partial charge in [0.2, 0.25) is 0 Å². The summed E-state index contributed by atoms with van der Waals surface area (Å²) in [6.07, 6.45) is -7.83. The summed E-state index contributed by atoms with van der Waals surface area (Å²) < 4.78 is 27.3. The maximum absolute atomic E-state index is 11.9. The molecule has 0 aliphatic carbocycles. The molecule has 5 N–H and O–H groups in total. The van der Waals surface area contributed by atoms with E-state index in [2.05, 4.69) is 4.52 Å². The molecule has 2 saturated heterocycles. The fraction of sp³-hybridized carbons (Fsp3) is 0.583. The summed E-state index contributed by atoms with van der Waals surface area (Å²) in [6, 6.07) is 1.00. The van der Waals surface area contributed by atoms with Crippen LogP contribution in [0.1, 0.15) is 12.6 Å². The molecular weight excluding hydrogens is 379 g/mol. The number of aliphatic hydroxyl groups excluding tert-OH is 1. The van der Waals surface area contributed by atoms with Gasteiger partial charge in [-0.2, -0.15) is 0 Å². The van der Waals surface area contributed by atoms with E-state index in [0.717, 1.165) is 16.8 Å². The van der Waals surface area contributed by atoms with Gasteiger partial charge in [-0.25, -0.2) is 14.2 Å². The Morgan fingerprint density at radius 2 is 2.00 bits per heavy atom. The van der Waals surface area contributed by atoms with Crippen molar-refractivity contribution < 1.29 is 43.4 Å². The van der Waals surface area contributed by atoms with Crippen LogP contribution in [0.25, 0.3) is 0 Å². The molecule has 0 bridgehead atoms. The first-order valence-corrected chi connectivity index (χ1v) is 8.87. The number of aliphatic hydroxyl groups is 1. The quantitative estimate of drug-likeness (QED) is 0.339. The number of nitrogens with zero attached hydrogens (tertiary/aromatic N) is 1. The van der Waals surface area contributed by atoms with Crippen LogP contribution in [-0.4, -0.2) is 66.0 Å². The zero-order valence-corrected chi connectivity index (χ0v) is 13.8. The van der Waals surface area contributed by atoms with Crippen LogP contribution in [0.3, 0.4) is 0 Å². The SMILES string of the molecule is O=C(O)C1CC(OP(=O)(O)O)C2OC(n3ccc(=O)[nH]c3=O)C(O)C2O1. The summed E-state index contributed by atoms with van der Waals surface area (Å²) >= 11 is 0. The lowest BCUT2D eigenvalue weighted by atomic mass is 9.96. The van der Waals surface area contributed by atoms with Gasteiger partial charge in [-0.05, 0) is 0 Å². The van der Waals surface area contributed by atoms with Gasteiger partial charge < -0.3 is 29.5 Å². The molecule has 6 unspecified atom stereocenters. The van der Waals surface area contributed by atoms with Crippen LogP contribution >= 0.6 is 7.82 Å². The van der Waals surface area contributed by atoms with E-state index in [-0.39, 0.29) is 0 Å². The zero-order chi connectivity index (χ0) is 19.2. The average Bonchev–Trinajstić information content (AvgIpc) is 2.83. The van der Waals surface area contributed by atoms with Gasteiger partial charge in [-0.1, -0.05) is 0 Å². The van der Waals surface area contributed by atoms with Crippen molar-refractivity contribution in [2.75, 3.05) is 0 Å². The number of carbonyl (C=O) groups is 1. The molecule has 3 rings (SSSR count). The number of phosphoric acid groups is 1. The monoisotopic (exact) mass is 394 g/mol. The van der Waals surface area contributed by atoms with Gasteiger partial charge in [-0.3, -0.25) is 18.9 Å². The molecule has 0 radical (unpaired) electrons. The van der Waals surface area contributed by atoms with E-state index >= 15 is 0 Å². The van der Waals surface area contributed by atoms with Crippen molar-refractivity contribution in [2.24, 2.45) is 0 Å². The molecule has 0 aromatic carbocycles. The number of hydrogen-bond acceptors (Lipinski definition) is 8. The number of fused-ring (bicyclic) bond motifs is 1. The third-order valence-electron chi connectivity index (χ3n) is 4.06. The van der Waals surface area contributed by atoms with Crippen molar-refractivity contribution in [3.63, 3.8) is 0 Å². The number of aromatic amines is 1. The van der Waals surface area contributed by atoms with Gasteiger partial charge >= 0.3 is 19.5 Å². The number of aromatic nitrogens is 2. The standard InChI is InChI=1S/C12H15N2O11P/c15-6-1-2-14(12(19)13-6)10-7(16)9-8(24-10)4(25-26(20,21)22)3-5(23-9)11(17)18/h1-2,4-5,7-10,16H,3H2,(H,17,18)(H,13,15,19)(H2,20,21,22). The number of hydrogen-bond donors (Lipinski definition) is 5. The molecular formula is C12H15N2O11P. The molecule has 2 fully saturated rings. The lowest BCUT2D eigenvalue weighted by Gasteiger charge is -2.36. The molecule has 6 atom stereocenters. The molecule has 144 valence electrons. The molecule has 13 nitrogen and oxygen atoms in total. The Hall–Kier alpha value is -1.86. The van der Waals surface area contributed by atoms with E-state index in [1.165, 1.54) is 0 Å². The number of carboxylic acid groups (broad SMARTS) is 1. The number of phosphoric ester groups is 1. The molecule has 2 aliphatic heterocycles. The van der Waals surface area contributed by atoms with Crippen LogP contribution in [0, 0.1) is 0 Å². The fourth-order valence-electron chi connectivity index (χ4n) is 3.02. The summed E-state index contributed by atoms with van der Waals surface area (Å²) in [6.45, 7) is 0. The molecule has 1 aromatic rings. The Kier molecular flexibility index (Phi) is 4.88. The lowest BCUT2D eigenvalue weighted by molar-refractivity contribution is -0.185. The van der Waals surface area contributed by atoms with Gasteiger partial charge in [0.25, 0.3) is 5.56 Å². The summed E-state index contributed by atoms with van der Waals surface area (Å²) in [5.74, 6) is -1.42. The third kappa shape index (κ3) is 3.64. The Balaban J connectivity index is 1.94. The van der Waals surface area contributed by atoms with Crippen LogP contribution in [-0.2, 0) is 23.4 Å². The predicted molar refractivity (Wildman–Crippen MR) is 79.1 cm³/mol. The molecule has 14 heteroatoms. The molecule has 26 heavy (non-hydrogen) atoms. The zero-order valence-electron chi connectivity index (χ0n) is 12.9. The number of aliphatic carboxylic acids is 1. The molecule has 0 saturated carbocycles. The van der Waals surface area contributed by atoms with E-state index in [1.807, 2.05) is 4.98 Å². The number of ether oxygens (including phenoxy) is 2. The van der Waals surface area contributed by atoms with E-state index in [1.54, 1.807) is 0 Å². The topological polar surface area (TPSA) is 198 Å². The van der Waals surface area contributed by atoms with Crippen LogP contribution in [0.15, 0.2) is 21.9 Å². The minimum Gasteiger partial charge on any atom is -0.479 e. The van der Waals surface area contributed by atoms with Crippen molar-refractivity contribution in [3.05, 3.63) is 33.1 Å². The molecule has 0 amide bonds. The molecule has 1 aromatic heterocycles. The Morgan fingerprint density at radius 3 is 2.58 bits per heavy atom. The summed E-state index contributed by atoms with van der Waals surface area (Å²) in [7, 11) is -4.99. The van der Waals surface area contributed by atoms with E-state index in [9.17, 15) is 24.1 Å². The van der Waals surface area contributed by atoms with E-state index in [4.69, 9.17) is 24.4 Å². The highest BCUT2D eigenvalue weighted by atomic mass is 31.2. The first-order chi connectivity index (χ1) is 12.1. The second kappa shape index (κ2) is 6.70. The van der Waals surface area contributed by atoms with Gasteiger partial charge in [-0.15, -0.1) is 0 Å². The maximum Gasteiger partial charge on any atom is 0.469 e. The minimum absolute atomic E-state index is 0.443. The highest BCUT2D eigenvalue weighted by Crippen LogP contribution is 2.45. The van der Waals surface area contributed by atoms with Crippen molar-refractivity contribution in [3.8, 4) is 0 Å². The summed E-state index contributed by atoms with van der Waals surface area (Å²) in [5.41, 5.74) is -1.58. The Bertz CT molecular complexity index is 859. The number of rotatable bonds is 4. The van der Waals surface area contributed by atoms with Crippen molar-refractivity contribution in [2.45, 2.75) is 43.2 Å². The molecule has 0 spiro atoms. The predicted octanol–water partition coefficient (Wildman–Crippen LogP) is -2.49. The largest absolute Gasteiger partial charge is 0.479 e. The van der Waals surface area contributed by atoms with Crippen molar-refractivity contribution in [1.82, 2.24) is 9.55 Å².